The summed E-state index contributed by atoms with van der Waals surface area (Å²) in [5.74, 6) is 0. The number of rotatable bonds is 1. The van der Waals surface area contributed by atoms with E-state index in [1.807, 2.05) is 20.8 Å². The van der Waals surface area contributed by atoms with E-state index >= 15 is 0 Å². The van der Waals surface area contributed by atoms with Crippen LogP contribution in [0.1, 0.15) is 26.3 Å². The predicted octanol–water partition coefficient (Wildman–Crippen LogP) is 3.70. The van der Waals surface area contributed by atoms with E-state index in [-0.39, 0.29) is 10.9 Å². The number of benzene rings is 1. The summed E-state index contributed by atoms with van der Waals surface area (Å²) in [5.41, 5.74) is 1.18. The van der Waals surface area contributed by atoms with Crippen LogP contribution in [0.4, 0.5) is 5.69 Å². The van der Waals surface area contributed by atoms with Crippen LogP contribution in [0.3, 0.4) is 0 Å². The molecule has 0 saturated heterocycles. The smallest absolute Gasteiger partial charge is 0.269 e. The van der Waals surface area contributed by atoms with Gasteiger partial charge in [-0.3, -0.25) is 14.9 Å². The number of nitro benzene ring substituents is 1. The van der Waals surface area contributed by atoms with Gasteiger partial charge in [-0.2, -0.15) is 0 Å². The molecule has 0 aromatic heterocycles. The minimum absolute atomic E-state index is 0.144. The molecule has 0 N–H and O–H groups in total. The molecule has 16 heavy (non-hydrogen) atoms. The van der Waals surface area contributed by atoms with Crippen LogP contribution in [-0.2, 0) is 4.79 Å². The second-order valence-electron chi connectivity index (χ2n) is 2.56. The molecule has 0 amide bonds. The van der Waals surface area contributed by atoms with Crippen LogP contribution in [-0.4, -0.2) is 10.2 Å². The molecule has 1 aromatic rings. The van der Waals surface area contributed by atoms with Crippen molar-refractivity contribution in [3.8, 4) is 0 Å². The average molecular weight is 246 g/mol. The molecule has 0 spiro atoms. The molecule has 0 unspecified atom stereocenters. The highest BCUT2D eigenvalue weighted by Gasteiger charge is 2.00. The first-order valence-electron chi connectivity index (χ1n) is 4.80. The van der Waals surface area contributed by atoms with Crippen LogP contribution in [0, 0.1) is 17.0 Å². The first-order valence-corrected chi connectivity index (χ1v) is 5.18. The number of hydrogen-bond donors (Lipinski definition) is 0. The summed E-state index contributed by atoms with van der Waals surface area (Å²) in [4.78, 5) is 18.9. The maximum Gasteiger partial charge on any atom is 0.269 e. The van der Waals surface area contributed by atoms with Crippen LogP contribution in [0.2, 0.25) is 0 Å². The van der Waals surface area contributed by atoms with Crippen LogP contribution in [0.15, 0.2) is 24.3 Å². The monoisotopic (exact) mass is 245 g/mol. The van der Waals surface area contributed by atoms with Crippen molar-refractivity contribution in [3.63, 3.8) is 0 Å². The number of carbonyl (C=O) groups is 1. The van der Waals surface area contributed by atoms with Crippen molar-refractivity contribution in [1.29, 1.82) is 0 Å². The molecular weight excluding hydrogens is 230 g/mol. The van der Waals surface area contributed by atoms with Gasteiger partial charge in [-0.1, -0.05) is 31.5 Å². The van der Waals surface area contributed by atoms with Gasteiger partial charge >= 0.3 is 0 Å². The van der Waals surface area contributed by atoms with E-state index in [1.54, 1.807) is 12.1 Å². The number of halogens is 1. The van der Waals surface area contributed by atoms with E-state index in [2.05, 4.69) is 11.6 Å². The lowest BCUT2D eigenvalue weighted by atomic mass is 10.2. The molecule has 0 heterocycles. The third-order valence-corrected chi connectivity index (χ3v) is 1.24. The van der Waals surface area contributed by atoms with E-state index in [0.29, 0.717) is 0 Å². The average Bonchev–Trinajstić information content (AvgIpc) is 2.20. The van der Waals surface area contributed by atoms with E-state index in [9.17, 15) is 14.9 Å². The Hall–Kier alpha value is -1.42. The summed E-state index contributed by atoms with van der Waals surface area (Å²) >= 11 is 4.64. The Morgan fingerprint density at radius 2 is 1.56 bits per heavy atom. The minimum atomic E-state index is -0.403. The van der Waals surface area contributed by atoms with Gasteiger partial charge in [-0.05, 0) is 18.5 Å². The lowest BCUT2D eigenvalue weighted by Gasteiger charge is -1.90. The maximum atomic E-state index is 10.1. The highest BCUT2D eigenvalue weighted by atomic mass is 35.5. The quantitative estimate of drug-likeness (QED) is 0.431. The number of non-ortho nitro benzene ring substituents is 1. The Bertz CT molecular complexity index is 319. The molecule has 90 valence electrons. The van der Waals surface area contributed by atoms with Gasteiger partial charge in [0.1, 0.15) is 0 Å². The molecule has 0 saturated carbocycles. The van der Waals surface area contributed by atoms with Gasteiger partial charge in [0, 0.05) is 19.1 Å². The van der Waals surface area contributed by atoms with Crippen molar-refractivity contribution in [2.75, 3.05) is 0 Å². The van der Waals surface area contributed by atoms with Crippen LogP contribution in [0.25, 0.3) is 0 Å². The molecular formula is C11H16ClNO3. The molecule has 5 heteroatoms. The fourth-order valence-corrected chi connectivity index (χ4v) is 0.666. The fourth-order valence-electron chi connectivity index (χ4n) is 0.666. The molecule has 0 bridgehead atoms. The highest BCUT2D eigenvalue weighted by molar-refractivity contribution is 6.62. The van der Waals surface area contributed by atoms with E-state index in [1.165, 1.54) is 19.1 Å². The Morgan fingerprint density at radius 3 is 1.81 bits per heavy atom. The number of nitro groups is 1. The van der Waals surface area contributed by atoms with Crippen molar-refractivity contribution in [2.24, 2.45) is 0 Å². The van der Waals surface area contributed by atoms with Gasteiger partial charge < -0.3 is 0 Å². The molecule has 0 atom stereocenters. The SMILES string of the molecule is CC.CC(=O)Cl.Cc1ccc([N+](=O)[O-])cc1. The van der Waals surface area contributed by atoms with Crippen LogP contribution in [0.5, 0.6) is 0 Å². The second kappa shape index (κ2) is 10.1. The molecule has 0 aliphatic carbocycles. The molecule has 0 aliphatic rings. The van der Waals surface area contributed by atoms with Crippen molar-refractivity contribution in [1.82, 2.24) is 0 Å². The van der Waals surface area contributed by atoms with Gasteiger partial charge in [-0.15, -0.1) is 0 Å². The Morgan fingerprint density at radius 1 is 1.25 bits per heavy atom. The summed E-state index contributed by atoms with van der Waals surface area (Å²) < 4.78 is 0. The number of nitrogens with zero attached hydrogens (tertiary/aromatic N) is 1. The summed E-state index contributed by atoms with van der Waals surface area (Å²) in [6.07, 6.45) is 0. The minimum Gasteiger partial charge on any atom is -0.282 e. The van der Waals surface area contributed by atoms with Gasteiger partial charge in [0.2, 0.25) is 5.24 Å². The Balaban J connectivity index is 0. The summed E-state index contributed by atoms with van der Waals surface area (Å²) in [6.45, 7) is 7.19. The van der Waals surface area contributed by atoms with E-state index in [0.717, 1.165) is 5.56 Å². The van der Waals surface area contributed by atoms with Gasteiger partial charge in [0.25, 0.3) is 5.69 Å². The molecule has 0 radical (unpaired) electrons. The molecule has 0 fully saturated rings. The maximum absolute atomic E-state index is 10.1. The first-order chi connectivity index (χ1) is 7.43. The zero-order chi connectivity index (χ0) is 13.1. The number of carbonyl (C=O) groups excluding carboxylic acids is 1. The molecule has 1 aromatic carbocycles. The number of hydrogen-bond acceptors (Lipinski definition) is 3. The largest absolute Gasteiger partial charge is 0.282 e. The van der Waals surface area contributed by atoms with E-state index in [4.69, 9.17) is 0 Å². The zero-order valence-corrected chi connectivity index (χ0v) is 10.6. The van der Waals surface area contributed by atoms with E-state index < -0.39 is 4.92 Å². The van der Waals surface area contributed by atoms with Crippen LogP contribution < -0.4 is 0 Å². The lowest BCUT2D eigenvalue weighted by Crippen LogP contribution is -1.86. The molecule has 1 rings (SSSR count). The van der Waals surface area contributed by atoms with Gasteiger partial charge in [-0.25, -0.2) is 0 Å². The van der Waals surface area contributed by atoms with Crippen molar-refractivity contribution in [2.45, 2.75) is 27.7 Å². The standard InChI is InChI=1S/C7H7NO2.C2H3ClO.C2H6/c1-6-2-4-7(5-3-6)8(9)10;1-2(3)4;1-2/h2-5H,1H3;1H3;1-2H3. The second-order valence-corrected chi connectivity index (χ2v) is 3.10. The Labute approximate surface area is 100 Å². The van der Waals surface area contributed by atoms with Crippen molar-refractivity contribution >= 4 is 22.5 Å². The summed E-state index contributed by atoms with van der Waals surface area (Å²) in [6, 6.07) is 6.43. The highest BCUT2D eigenvalue weighted by Crippen LogP contribution is 2.10. The fraction of sp³-hybridized carbons (Fsp3) is 0.364. The normalized spacial score (nSPS) is 7.81. The third kappa shape index (κ3) is 10.7. The number of aryl methyl sites for hydroxylation is 1. The Kier molecular flexibility index (Phi) is 10.7. The summed E-state index contributed by atoms with van der Waals surface area (Å²) in [5, 5.41) is 9.76. The predicted molar refractivity (Wildman–Crippen MR) is 65.7 cm³/mol. The van der Waals surface area contributed by atoms with Crippen LogP contribution >= 0.6 is 11.6 Å². The van der Waals surface area contributed by atoms with Crippen molar-refractivity contribution < 1.29 is 9.72 Å². The topological polar surface area (TPSA) is 60.2 Å². The third-order valence-electron chi connectivity index (χ3n) is 1.24. The first kappa shape index (κ1) is 17.0. The summed E-state index contributed by atoms with van der Waals surface area (Å²) in [7, 11) is 0. The molecule has 4 nitrogen and oxygen atoms in total. The van der Waals surface area contributed by atoms with Gasteiger partial charge in [0.05, 0.1) is 4.92 Å². The lowest BCUT2D eigenvalue weighted by molar-refractivity contribution is -0.384. The molecule has 0 aliphatic heterocycles. The van der Waals surface area contributed by atoms with Crippen molar-refractivity contribution in [3.05, 3.63) is 39.9 Å². The van der Waals surface area contributed by atoms with Gasteiger partial charge in [0.15, 0.2) is 0 Å². The zero-order valence-electron chi connectivity index (χ0n) is 9.86.